The number of hydrogen-bond acceptors (Lipinski definition) is 2. The molecule has 0 aliphatic rings. The molecule has 1 heterocycles. The van der Waals surface area contributed by atoms with Crippen molar-refractivity contribution in [1.82, 2.24) is 4.90 Å². The van der Waals surface area contributed by atoms with Crippen LogP contribution in [0.1, 0.15) is 24.3 Å². The van der Waals surface area contributed by atoms with Gasteiger partial charge >= 0.3 is 0 Å². The Hall–Kier alpha value is -1.43. The first-order valence-corrected chi connectivity index (χ1v) is 9.89. The molecule has 0 atom stereocenters. The molecule has 2 N–H and O–H groups in total. The Labute approximate surface area is 155 Å². The fourth-order valence-corrected chi connectivity index (χ4v) is 3.57. The number of likely N-dealkylation sites (N-methyl/N-ethyl adjacent to an activating group) is 1. The van der Waals surface area contributed by atoms with Crippen molar-refractivity contribution in [1.29, 1.82) is 0 Å². The van der Waals surface area contributed by atoms with Crippen LogP contribution in [-0.4, -0.2) is 36.2 Å². The lowest BCUT2D eigenvalue weighted by atomic mass is 10.2. The van der Waals surface area contributed by atoms with Gasteiger partial charge in [0.1, 0.15) is 0 Å². The summed E-state index contributed by atoms with van der Waals surface area (Å²) in [6.45, 7) is 11.8. The highest BCUT2D eigenvalue weighted by atomic mass is 32.1. The molecular formula is C19H28N3S2+. The van der Waals surface area contributed by atoms with Crippen LogP contribution in [-0.2, 0) is 6.54 Å². The summed E-state index contributed by atoms with van der Waals surface area (Å²) in [7, 11) is 0. The van der Waals surface area contributed by atoms with Gasteiger partial charge in [0.2, 0.25) is 0 Å². The van der Waals surface area contributed by atoms with Crippen LogP contribution >= 0.6 is 23.6 Å². The maximum absolute atomic E-state index is 5.70. The molecule has 0 saturated carbocycles. The number of thiophene rings is 1. The van der Waals surface area contributed by atoms with E-state index >= 15 is 0 Å². The zero-order valence-electron chi connectivity index (χ0n) is 14.8. The molecule has 130 valence electrons. The summed E-state index contributed by atoms with van der Waals surface area (Å²) in [6.07, 6.45) is 0. The van der Waals surface area contributed by atoms with Crippen molar-refractivity contribution >= 4 is 34.4 Å². The molecule has 3 nitrogen and oxygen atoms in total. The fraction of sp³-hybridized carbons (Fsp3) is 0.421. The summed E-state index contributed by atoms with van der Waals surface area (Å²) in [6, 6.07) is 12.7. The molecule has 0 aliphatic carbocycles. The van der Waals surface area contributed by atoms with Crippen molar-refractivity contribution in [3.63, 3.8) is 0 Å². The second kappa shape index (κ2) is 9.77. The van der Waals surface area contributed by atoms with Crippen LogP contribution in [0.4, 0.5) is 5.69 Å². The van der Waals surface area contributed by atoms with Gasteiger partial charge in [-0.05, 0) is 56.6 Å². The summed E-state index contributed by atoms with van der Waals surface area (Å²) in [4.78, 5) is 5.23. The van der Waals surface area contributed by atoms with Crippen molar-refractivity contribution in [2.45, 2.75) is 27.3 Å². The van der Waals surface area contributed by atoms with E-state index < -0.39 is 0 Å². The SMILES string of the molecule is CC[NH+](CC)CCN(Cc1cccs1)C(=S)Nc1ccc(C)cc1. The summed E-state index contributed by atoms with van der Waals surface area (Å²) >= 11 is 7.48. The highest BCUT2D eigenvalue weighted by molar-refractivity contribution is 7.80. The lowest BCUT2D eigenvalue weighted by Crippen LogP contribution is -3.12. The first kappa shape index (κ1) is 18.9. The van der Waals surface area contributed by atoms with E-state index in [0.717, 1.165) is 43.5 Å². The third-order valence-corrected chi connectivity index (χ3v) is 5.47. The Morgan fingerprint density at radius 3 is 2.46 bits per heavy atom. The van der Waals surface area contributed by atoms with Crippen LogP contribution in [0, 0.1) is 6.92 Å². The minimum absolute atomic E-state index is 0.804. The van der Waals surface area contributed by atoms with Crippen molar-refractivity contribution in [2.75, 3.05) is 31.5 Å². The highest BCUT2D eigenvalue weighted by Gasteiger charge is 2.14. The Morgan fingerprint density at radius 1 is 1.17 bits per heavy atom. The first-order chi connectivity index (χ1) is 11.6. The zero-order chi connectivity index (χ0) is 17.4. The van der Waals surface area contributed by atoms with Gasteiger partial charge in [0.25, 0.3) is 0 Å². The predicted octanol–water partition coefficient (Wildman–Crippen LogP) is 3.18. The van der Waals surface area contributed by atoms with Gasteiger partial charge < -0.3 is 15.1 Å². The van der Waals surface area contributed by atoms with E-state index in [4.69, 9.17) is 12.2 Å². The molecule has 1 aromatic carbocycles. The molecule has 2 rings (SSSR count). The van der Waals surface area contributed by atoms with E-state index in [1.165, 1.54) is 10.4 Å². The van der Waals surface area contributed by atoms with Crippen LogP contribution in [0.5, 0.6) is 0 Å². The van der Waals surface area contributed by atoms with Gasteiger partial charge in [-0.2, -0.15) is 0 Å². The molecule has 0 spiro atoms. The van der Waals surface area contributed by atoms with Gasteiger partial charge in [-0.1, -0.05) is 23.8 Å². The monoisotopic (exact) mass is 362 g/mol. The minimum Gasteiger partial charge on any atom is -0.338 e. The number of thiocarbonyl (C=S) groups is 1. The average Bonchev–Trinajstić information content (AvgIpc) is 3.09. The van der Waals surface area contributed by atoms with Crippen molar-refractivity contribution in [3.05, 3.63) is 52.2 Å². The Balaban J connectivity index is 2.02. The van der Waals surface area contributed by atoms with E-state index in [1.807, 2.05) is 0 Å². The van der Waals surface area contributed by atoms with Gasteiger partial charge in [-0.15, -0.1) is 11.3 Å². The molecular weight excluding hydrogens is 334 g/mol. The fourth-order valence-electron chi connectivity index (χ4n) is 2.58. The molecule has 0 bridgehead atoms. The standard InChI is InChI=1S/C19H27N3S2/c1-4-21(5-2)12-13-22(15-18-7-6-14-24-18)19(23)20-17-10-8-16(3)9-11-17/h6-11,14H,4-5,12-13,15H2,1-3H3,(H,20,23)/p+1. The molecule has 0 aliphatic heterocycles. The van der Waals surface area contributed by atoms with Crippen molar-refractivity contribution in [3.8, 4) is 0 Å². The minimum atomic E-state index is 0.804. The van der Waals surface area contributed by atoms with Crippen LogP contribution in [0.15, 0.2) is 41.8 Å². The molecule has 0 amide bonds. The number of rotatable bonds is 8. The largest absolute Gasteiger partial charge is 0.338 e. The van der Waals surface area contributed by atoms with E-state index in [9.17, 15) is 0 Å². The Morgan fingerprint density at radius 2 is 1.88 bits per heavy atom. The van der Waals surface area contributed by atoms with Gasteiger partial charge in [0.05, 0.1) is 32.7 Å². The van der Waals surface area contributed by atoms with Crippen molar-refractivity contribution < 1.29 is 4.90 Å². The second-order valence-corrected chi connectivity index (χ2v) is 7.42. The maximum Gasteiger partial charge on any atom is 0.173 e. The lowest BCUT2D eigenvalue weighted by molar-refractivity contribution is -0.895. The number of hydrogen-bond donors (Lipinski definition) is 2. The third-order valence-electron chi connectivity index (χ3n) is 4.25. The lowest BCUT2D eigenvalue weighted by Gasteiger charge is -2.27. The van der Waals surface area contributed by atoms with Gasteiger partial charge in [0.15, 0.2) is 5.11 Å². The summed E-state index contributed by atoms with van der Waals surface area (Å²) in [5, 5.41) is 6.32. The number of anilines is 1. The van der Waals surface area contributed by atoms with Gasteiger partial charge in [0, 0.05) is 10.6 Å². The van der Waals surface area contributed by atoms with Crippen LogP contribution in [0.2, 0.25) is 0 Å². The maximum atomic E-state index is 5.70. The molecule has 2 aromatic rings. The Kier molecular flexibility index (Phi) is 7.69. The number of quaternary nitrogens is 1. The van der Waals surface area contributed by atoms with Crippen LogP contribution < -0.4 is 10.2 Å². The predicted molar refractivity (Wildman–Crippen MR) is 109 cm³/mol. The normalized spacial score (nSPS) is 10.8. The van der Waals surface area contributed by atoms with E-state index in [-0.39, 0.29) is 0 Å². The van der Waals surface area contributed by atoms with E-state index in [2.05, 4.69) is 72.8 Å². The molecule has 24 heavy (non-hydrogen) atoms. The molecule has 0 unspecified atom stereocenters. The third kappa shape index (κ3) is 5.89. The average molecular weight is 363 g/mol. The van der Waals surface area contributed by atoms with Crippen LogP contribution in [0.25, 0.3) is 0 Å². The number of nitrogens with zero attached hydrogens (tertiary/aromatic N) is 1. The zero-order valence-corrected chi connectivity index (χ0v) is 16.5. The first-order valence-electron chi connectivity index (χ1n) is 8.61. The summed E-state index contributed by atoms with van der Waals surface area (Å²) in [5.41, 5.74) is 2.31. The molecule has 5 heteroatoms. The number of nitrogens with one attached hydrogen (secondary N) is 2. The quantitative estimate of drug-likeness (QED) is 0.704. The topological polar surface area (TPSA) is 19.7 Å². The Bertz CT molecular complexity index is 604. The second-order valence-electron chi connectivity index (χ2n) is 6.00. The number of aryl methyl sites for hydroxylation is 1. The molecule has 0 fully saturated rings. The number of benzene rings is 1. The molecule has 0 saturated heterocycles. The summed E-state index contributed by atoms with van der Waals surface area (Å²) < 4.78 is 0. The smallest absolute Gasteiger partial charge is 0.173 e. The van der Waals surface area contributed by atoms with E-state index in [1.54, 1.807) is 16.2 Å². The van der Waals surface area contributed by atoms with Crippen LogP contribution in [0.3, 0.4) is 0 Å². The van der Waals surface area contributed by atoms with Gasteiger partial charge in [-0.3, -0.25) is 0 Å². The van der Waals surface area contributed by atoms with Crippen molar-refractivity contribution in [2.24, 2.45) is 0 Å². The van der Waals surface area contributed by atoms with Gasteiger partial charge in [-0.25, -0.2) is 0 Å². The highest BCUT2D eigenvalue weighted by Crippen LogP contribution is 2.14. The van der Waals surface area contributed by atoms with E-state index in [0.29, 0.717) is 0 Å². The summed E-state index contributed by atoms with van der Waals surface area (Å²) in [5.74, 6) is 0. The molecule has 1 aromatic heterocycles. The molecule has 0 radical (unpaired) electrons.